The van der Waals surface area contributed by atoms with Crippen molar-refractivity contribution in [1.82, 2.24) is 25.3 Å². The topological polar surface area (TPSA) is 191 Å². The summed E-state index contributed by atoms with van der Waals surface area (Å²) in [6.07, 6.45) is 6.51. The zero-order valence-corrected chi connectivity index (χ0v) is 32.4. The van der Waals surface area contributed by atoms with Gasteiger partial charge in [-0.05, 0) is 45.4 Å². The maximum absolute atomic E-state index is 12.5. The van der Waals surface area contributed by atoms with Gasteiger partial charge in [-0.2, -0.15) is 0 Å². The molecule has 2 aromatic carbocycles. The van der Waals surface area contributed by atoms with E-state index >= 15 is 0 Å². The average molecular weight is 796 g/mol. The number of benzene rings is 2. The lowest BCUT2D eigenvalue weighted by Gasteiger charge is -2.28. The Morgan fingerprint density at radius 1 is 0.679 bits per heavy atom. The number of carbonyl (C=O) groups excluding carboxylic acids is 2. The van der Waals surface area contributed by atoms with Gasteiger partial charge in [0.1, 0.15) is 37.0 Å². The highest BCUT2D eigenvalue weighted by atomic mass is 32.1. The molecule has 6 heterocycles. The number of esters is 1. The summed E-state index contributed by atoms with van der Waals surface area (Å²) in [6, 6.07) is 19.4. The smallest absolute Gasteiger partial charge is 0.360 e. The molecule has 290 valence electrons. The first-order valence-electron chi connectivity index (χ1n) is 18.6. The van der Waals surface area contributed by atoms with Crippen LogP contribution in [0.4, 0.5) is 11.6 Å². The molecular formula is C40H41N7O7S2. The number of carbonyl (C=O) groups is 3. The third-order valence-corrected chi connectivity index (χ3v) is 11.7. The Bertz CT molecular complexity index is 2360. The number of anilines is 2. The molecule has 0 spiro atoms. The minimum Gasteiger partial charge on any atom is -0.504 e. The Labute approximate surface area is 330 Å². The zero-order valence-electron chi connectivity index (χ0n) is 30.7. The zero-order chi connectivity index (χ0) is 39.2. The van der Waals surface area contributed by atoms with E-state index in [9.17, 15) is 24.6 Å². The van der Waals surface area contributed by atoms with Crippen molar-refractivity contribution in [3.63, 3.8) is 0 Å². The van der Waals surface area contributed by atoms with Gasteiger partial charge in [-0.3, -0.25) is 9.59 Å². The number of fused-ring (bicyclic) bond motifs is 2. The molecule has 16 heteroatoms. The van der Waals surface area contributed by atoms with Crippen molar-refractivity contribution in [1.29, 1.82) is 0 Å². The van der Waals surface area contributed by atoms with Crippen LogP contribution >= 0.6 is 22.7 Å². The highest BCUT2D eigenvalue weighted by Crippen LogP contribution is 2.43. The molecule has 2 saturated heterocycles. The summed E-state index contributed by atoms with van der Waals surface area (Å²) >= 11 is 2.66. The molecule has 4 N–H and O–H groups in total. The van der Waals surface area contributed by atoms with E-state index in [1.54, 1.807) is 6.92 Å². The van der Waals surface area contributed by atoms with Crippen LogP contribution in [0.5, 0.6) is 11.5 Å². The number of carboxylic acids is 1. The standard InChI is InChI=1S/C20H20N4O4S.C20H21N3O3S/c25-13(26)11-21-19(28)14-16(27)17-15(18(22-14)24-9-5-2-6-10-24)23-20(29-17)12-7-3-1-4-8-12;1-2-26-20(25)14-16(24)17-15(18(21-14)23-11-7-4-8-12-23)22-19(27-17)13-9-5-3-6-10-13/h1,3-4,7-8,27H,2,5-6,9-11H2,(H,21,28)(H,25,26);3,5-6,9-10,24H,2,4,7-8,11-12H2,1H3. The number of pyridine rings is 2. The number of aromatic nitrogens is 4. The van der Waals surface area contributed by atoms with Crippen LogP contribution < -0.4 is 15.1 Å². The number of hydrogen-bond donors (Lipinski definition) is 4. The Morgan fingerprint density at radius 2 is 1.12 bits per heavy atom. The van der Waals surface area contributed by atoms with Gasteiger partial charge < -0.3 is 35.2 Å². The van der Waals surface area contributed by atoms with E-state index in [1.165, 1.54) is 29.1 Å². The second-order valence-corrected chi connectivity index (χ2v) is 15.3. The van der Waals surface area contributed by atoms with E-state index in [0.29, 0.717) is 32.1 Å². The molecule has 0 radical (unpaired) electrons. The number of hydrogen-bond acceptors (Lipinski definition) is 14. The molecule has 0 unspecified atom stereocenters. The number of nitrogens with one attached hydrogen (secondary N) is 1. The Balaban J connectivity index is 0.000000172. The van der Waals surface area contributed by atoms with Gasteiger partial charge in [0, 0.05) is 37.3 Å². The molecule has 56 heavy (non-hydrogen) atoms. The Hall–Kier alpha value is -5.87. The summed E-state index contributed by atoms with van der Waals surface area (Å²) in [5.41, 5.74) is 2.88. The summed E-state index contributed by atoms with van der Waals surface area (Å²) in [5, 5.41) is 34.1. The summed E-state index contributed by atoms with van der Waals surface area (Å²) in [4.78, 5) is 58.3. The lowest BCUT2D eigenvalue weighted by Crippen LogP contribution is -2.33. The summed E-state index contributed by atoms with van der Waals surface area (Å²) in [6.45, 7) is 4.74. The molecule has 4 aromatic heterocycles. The first-order valence-corrected chi connectivity index (χ1v) is 20.2. The third kappa shape index (κ3) is 8.21. The van der Waals surface area contributed by atoms with Gasteiger partial charge in [0.25, 0.3) is 5.91 Å². The fourth-order valence-electron chi connectivity index (χ4n) is 6.70. The predicted octanol–water partition coefficient (Wildman–Crippen LogP) is 7.10. The van der Waals surface area contributed by atoms with Gasteiger partial charge in [0.05, 0.1) is 6.61 Å². The molecule has 0 bridgehead atoms. The van der Waals surface area contributed by atoms with Crippen LogP contribution in [0.3, 0.4) is 0 Å². The largest absolute Gasteiger partial charge is 0.504 e. The molecular weight excluding hydrogens is 755 g/mol. The van der Waals surface area contributed by atoms with Crippen LogP contribution in [-0.2, 0) is 9.53 Å². The third-order valence-electron chi connectivity index (χ3n) is 9.43. The monoisotopic (exact) mass is 795 g/mol. The summed E-state index contributed by atoms with van der Waals surface area (Å²) < 4.78 is 6.14. The van der Waals surface area contributed by atoms with Gasteiger partial charge in [0.15, 0.2) is 34.5 Å². The number of piperidine rings is 2. The molecule has 0 atom stereocenters. The number of ether oxygens (including phenoxy) is 1. The molecule has 0 aliphatic carbocycles. The number of carboxylic acid groups (broad SMARTS) is 1. The van der Waals surface area contributed by atoms with Gasteiger partial charge in [0.2, 0.25) is 0 Å². The van der Waals surface area contributed by atoms with Gasteiger partial charge in [-0.25, -0.2) is 24.7 Å². The van der Waals surface area contributed by atoms with Crippen LogP contribution in [0.15, 0.2) is 60.7 Å². The lowest BCUT2D eigenvalue weighted by molar-refractivity contribution is -0.135. The predicted molar refractivity (Wildman–Crippen MR) is 217 cm³/mol. The fourth-order valence-corrected chi connectivity index (χ4v) is 8.73. The van der Waals surface area contributed by atoms with Crippen molar-refractivity contribution in [2.75, 3.05) is 49.1 Å². The number of nitrogens with zero attached hydrogens (tertiary/aromatic N) is 6. The van der Waals surface area contributed by atoms with Crippen molar-refractivity contribution >= 4 is 72.6 Å². The van der Waals surface area contributed by atoms with Crippen LogP contribution in [0.25, 0.3) is 41.6 Å². The second-order valence-electron chi connectivity index (χ2n) is 13.3. The number of amides is 1. The molecule has 1 amide bonds. The maximum atomic E-state index is 12.5. The second kappa shape index (κ2) is 17.3. The average Bonchev–Trinajstić information content (AvgIpc) is 3.89. The van der Waals surface area contributed by atoms with Gasteiger partial charge >= 0.3 is 11.9 Å². The summed E-state index contributed by atoms with van der Waals surface area (Å²) in [7, 11) is 0. The van der Waals surface area contributed by atoms with E-state index in [0.717, 1.165) is 79.4 Å². The first-order chi connectivity index (χ1) is 27.2. The van der Waals surface area contributed by atoms with Crippen molar-refractivity contribution < 1.29 is 34.4 Å². The Morgan fingerprint density at radius 3 is 1.57 bits per heavy atom. The molecule has 2 aliphatic rings. The van der Waals surface area contributed by atoms with E-state index in [4.69, 9.17) is 19.8 Å². The highest BCUT2D eigenvalue weighted by Gasteiger charge is 2.28. The first kappa shape index (κ1) is 38.4. The van der Waals surface area contributed by atoms with Crippen LogP contribution in [0, 0.1) is 0 Å². The lowest BCUT2D eigenvalue weighted by atomic mass is 10.1. The van der Waals surface area contributed by atoms with Gasteiger partial charge in [-0.15, -0.1) is 22.7 Å². The summed E-state index contributed by atoms with van der Waals surface area (Å²) in [5.74, 6) is -1.71. The minimum atomic E-state index is -1.17. The van der Waals surface area contributed by atoms with E-state index in [1.807, 2.05) is 60.7 Å². The normalized spacial score (nSPS) is 14.3. The number of thiazole rings is 2. The van der Waals surface area contributed by atoms with Crippen LogP contribution in [0.2, 0.25) is 0 Å². The maximum Gasteiger partial charge on any atom is 0.360 e. The van der Waals surface area contributed by atoms with E-state index in [-0.39, 0.29) is 29.5 Å². The molecule has 6 aromatic rings. The van der Waals surface area contributed by atoms with Crippen molar-refractivity contribution in [2.45, 2.75) is 45.4 Å². The molecule has 8 rings (SSSR count). The molecule has 0 saturated carbocycles. The molecule has 2 fully saturated rings. The highest BCUT2D eigenvalue weighted by molar-refractivity contribution is 7.22. The number of aromatic hydroxyl groups is 2. The molecule has 2 aliphatic heterocycles. The number of aliphatic carboxylic acids is 1. The van der Waals surface area contributed by atoms with Crippen molar-refractivity contribution in [2.24, 2.45) is 0 Å². The van der Waals surface area contributed by atoms with Crippen molar-refractivity contribution in [3.8, 4) is 32.6 Å². The fraction of sp³-hybridized carbons (Fsp3) is 0.325. The SMILES string of the molecule is CCOC(=O)c1nc(N2CCCCC2)c2nc(-c3ccccc3)sc2c1O.O=C(O)CNC(=O)c1nc(N2CCCCC2)c2nc(-c3ccccc3)sc2c1O. The van der Waals surface area contributed by atoms with Gasteiger partial charge in [-0.1, -0.05) is 60.7 Å². The van der Waals surface area contributed by atoms with Crippen LogP contribution in [0.1, 0.15) is 66.4 Å². The Kier molecular flexibility index (Phi) is 11.9. The van der Waals surface area contributed by atoms with E-state index in [2.05, 4.69) is 25.1 Å². The van der Waals surface area contributed by atoms with Crippen molar-refractivity contribution in [3.05, 3.63) is 72.1 Å². The number of rotatable bonds is 9. The molecule has 14 nitrogen and oxygen atoms in total. The van der Waals surface area contributed by atoms with Crippen LogP contribution in [-0.4, -0.2) is 92.4 Å². The minimum absolute atomic E-state index is 0.0341. The van der Waals surface area contributed by atoms with E-state index < -0.39 is 24.4 Å². The quantitative estimate of drug-likeness (QED) is 0.109.